The monoisotopic (exact) mass is 309 g/mol. The first-order valence-electron chi connectivity index (χ1n) is 7.74. The lowest BCUT2D eigenvalue weighted by atomic mass is 10.4. The molecule has 0 amide bonds. The SMILES string of the molecule is CC.CNc1cc2cnccn2c1.Cc1cc2ccncn2c1. The number of hydrogen-bond donors (Lipinski definition) is 1. The number of fused-ring (bicyclic) bond motifs is 2. The van der Waals surface area contributed by atoms with Crippen molar-refractivity contribution in [1.29, 1.82) is 0 Å². The van der Waals surface area contributed by atoms with E-state index in [1.807, 2.05) is 66.7 Å². The van der Waals surface area contributed by atoms with Crippen LogP contribution in [0.1, 0.15) is 19.4 Å². The molecule has 0 fully saturated rings. The molecule has 0 aliphatic heterocycles. The van der Waals surface area contributed by atoms with Crippen LogP contribution >= 0.6 is 0 Å². The molecule has 5 nitrogen and oxygen atoms in total. The van der Waals surface area contributed by atoms with Gasteiger partial charge in [0.25, 0.3) is 0 Å². The fourth-order valence-electron chi connectivity index (χ4n) is 2.20. The van der Waals surface area contributed by atoms with E-state index < -0.39 is 0 Å². The summed E-state index contributed by atoms with van der Waals surface area (Å²) in [6.45, 7) is 6.08. The molecule has 0 spiro atoms. The van der Waals surface area contributed by atoms with Gasteiger partial charge in [-0.05, 0) is 30.7 Å². The number of anilines is 1. The Kier molecular flexibility index (Phi) is 5.74. The van der Waals surface area contributed by atoms with E-state index in [2.05, 4.69) is 34.5 Å². The second-order valence-electron chi connectivity index (χ2n) is 4.82. The summed E-state index contributed by atoms with van der Waals surface area (Å²) in [6, 6.07) is 6.17. The topological polar surface area (TPSA) is 46.6 Å². The predicted molar refractivity (Wildman–Crippen MR) is 96.0 cm³/mol. The van der Waals surface area contributed by atoms with E-state index >= 15 is 0 Å². The Morgan fingerprint density at radius 3 is 2.48 bits per heavy atom. The van der Waals surface area contributed by atoms with E-state index in [1.165, 1.54) is 11.1 Å². The highest BCUT2D eigenvalue weighted by Gasteiger charge is 1.94. The van der Waals surface area contributed by atoms with E-state index in [9.17, 15) is 0 Å². The third-order valence-electron chi connectivity index (χ3n) is 3.23. The lowest BCUT2D eigenvalue weighted by Gasteiger charge is -1.88. The molecule has 0 saturated carbocycles. The van der Waals surface area contributed by atoms with E-state index in [-0.39, 0.29) is 0 Å². The zero-order valence-electron chi connectivity index (χ0n) is 14.1. The van der Waals surface area contributed by atoms with Crippen LogP contribution in [0.4, 0.5) is 5.69 Å². The van der Waals surface area contributed by atoms with Crippen LogP contribution in [0, 0.1) is 6.92 Å². The molecule has 5 heteroatoms. The third-order valence-corrected chi connectivity index (χ3v) is 3.23. The highest BCUT2D eigenvalue weighted by atomic mass is 14.9. The maximum Gasteiger partial charge on any atom is 0.0990 e. The molecule has 1 N–H and O–H groups in total. The summed E-state index contributed by atoms with van der Waals surface area (Å²) in [6.07, 6.45) is 13.2. The molecule has 23 heavy (non-hydrogen) atoms. The van der Waals surface area contributed by atoms with Gasteiger partial charge in [0, 0.05) is 43.5 Å². The van der Waals surface area contributed by atoms with Gasteiger partial charge in [0.1, 0.15) is 0 Å². The molecule has 0 aliphatic carbocycles. The Labute approximate surface area is 136 Å². The fraction of sp³-hybridized carbons (Fsp3) is 0.222. The van der Waals surface area contributed by atoms with Crippen LogP contribution < -0.4 is 5.32 Å². The van der Waals surface area contributed by atoms with Gasteiger partial charge >= 0.3 is 0 Å². The smallest absolute Gasteiger partial charge is 0.0990 e. The lowest BCUT2D eigenvalue weighted by molar-refractivity contribution is 1.09. The number of aromatic nitrogens is 4. The summed E-state index contributed by atoms with van der Waals surface area (Å²) in [5.74, 6) is 0. The number of aryl methyl sites for hydroxylation is 1. The maximum atomic E-state index is 4.01. The van der Waals surface area contributed by atoms with Crippen molar-refractivity contribution < 1.29 is 0 Å². The first kappa shape index (κ1) is 16.5. The summed E-state index contributed by atoms with van der Waals surface area (Å²) in [5.41, 5.74) is 4.69. The Bertz CT molecular complexity index is 794. The van der Waals surface area contributed by atoms with Gasteiger partial charge in [-0.3, -0.25) is 4.98 Å². The molecule has 0 aromatic carbocycles. The van der Waals surface area contributed by atoms with Gasteiger partial charge in [-0.2, -0.15) is 0 Å². The second-order valence-corrected chi connectivity index (χ2v) is 4.82. The molecule has 0 saturated heterocycles. The van der Waals surface area contributed by atoms with Gasteiger partial charge in [-0.25, -0.2) is 4.98 Å². The quantitative estimate of drug-likeness (QED) is 0.577. The highest BCUT2D eigenvalue weighted by molar-refractivity contribution is 5.59. The molecule has 0 bridgehead atoms. The molecule has 4 aromatic rings. The molecule has 4 rings (SSSR count). The zero-order valence-corrected chi connectivity index (χ0v) is 14.1. The van der Waals surface area contributed by atoms with Crippen LogP contribution in [0.5, 0.6) is 0 Å². The minimum atomic E-state index is 1.11. The molecule has 0 atom stereocenters. The van der Waals surface area contributed by atoms with Crippen molar-refractivity contribution in [3.05, 3.63) is 67.3 Å². The molecule has 0 unspecified atom stereocenters. The Morgan fingerprint density at radius 1 is 0.957 bits per heavy atom. The first-order valence-corrected chi connectivity index (χ1v) is 7.74. The van der Waals surface area contributed by atoms with Crippen LogP contribution in [0.15, 0.2) is 61.7 Å². The third kappa shape index (κ3) is 4.10. The largest absolute Gasteiger partial charge is 0.387 e. The van der Waals surface area contributed by atoms with Gasteiger partial charge in [0.15, 0.2) is 0 Å². The molecule has 4 heterocycles. The van der Waals surface area contributed by atoms with E-state index in [1.54, 1.807) is 12.4 Å². The standard InChI is InChI=1S/C8H9N3.C8H8N2.C2H6/c1-9-7-4-8-5-10-2-3-11(8)6-7;1-7-4-8-2-3-9-6-10(8)5-7;1-2/h2-6,9H,1H3;2-6H,1H3;1-2H3. The van der Waals surface area contributed by atoms with Crippen molar-refractivity contribution in [1.82, 2.24) is 18.8 Å². The van der Waals surface area contributed by atoms with Crippen LogP contribution in [-0.2, 0) is 0 Å². The Morgan fingerprint density at radius 2 is 1.78 bits per heavy atom. The van der Waals surface area contributed by atoms with Gasteiger partial charge < -0.3 is 14.1 Å². The Balaban J connectivity index is 0.000000152. The lowest BCUT2D eigenvalue weighted by Crippen LogP contribution is -1.83. The molecule has 120 valence electrons. The predicted octanol–water partition coefficient (Wildman–Crippen LogP) is 4.04. The van der Waals surface area contributed by atoms with Crippen molar-refractivity contribution >= 4 is 16.7 Å². The maximum absolute atomic E-state index is 4.01. The van der Waals surface area contributed by atoms with E-state index in [4.69, 9.17) is 0 Å². The van der Waals surface area contributed by atoms with Crippen LogP contribution in [0.25, 0.3) is 11.0 Å². The van der Waals surface area contributed by atoms with E-state index in [0.29, 0.717) is 0 Å². The average molecular weight is 309 g/mol. The summed E-state index contributed by atoms with van der Waals surface area (Å²) in [7, 11) is 1.90. The molecular formula is C18H23N5. The number of nitrogens with one attached hydrogen (secondary N) is 1. The van der Waals surface area contributed by atoms with Gasteiger partial charge in [-0.1, -0.05) is 13.8 Å². The van der Waals surface area contributed by atoms with Crippen molar-refractivity contribution in [3.8, 4) is 0 Å². The van der Waals surface area contributed by atoms with Crippen molar-refractivity contribution in [2.45, 2.75) is 20.8 Å². The minimum absolute atomic E-state index is 1.11. The number of nitrogens with zero attached hydrogens (tertiary/aromatic N) is 4. The van der Waals surface area contributed by atoms with Crippen LogP contribution in [0.2, 0.25) is 0 Å². The van der Waals surface area contributed by atoms with Crippen LogP contribution in [0.3, 0.4) is 0 Å². The first-order chi connectivity index (χ1) is 11.3. The number of rotatable bonds is 1. The summed E-state index contributed by atoms with van der Waals surface area (Å²) >= 11 is 0. The normalized spacial score (nSPS) is 9.74. The van der Waals surface area contributed by atoms with Gasteiger partial charge in [-0.15, -0.1) is 0 Å². The van der Waals surface area contributed by atoms with Crippen LogP contribution in [-0.4, -0.2) is 25.8 Å². The average Bonchev–Trinajstić information content (AvgIpc) is 3.18. The Hall–Kier alpha value is -2.82. The summed E-state index contributed by atoms with van der Waals surface area (Å²) in [4.78, 5) is 8.00. The number of hydrogen-bond acceptors (Lipinski definition) is 3. The van der Waals surface area contributed by atoms with Gasteiger partial charge in [0.05, 0.1) is 23.7 Å². The second kappa shape index (κ2) is 7.98. The van der Waals surface area contributed by atoms with Crippen molar-refractivity contribution in [3.63, 3.8) is 0 Å². The summed E-state index contributed by atoms with van der Waals surface area (Å²) < 4.78 is 4.04. The highest BCUT2D eigenvalue weighted by Crippen LogP contribution is 2.11. The van der Waals surface area contributed by atoms with E-state index in [0.717, 1.165) is 11.2 Å². The molecular weight excluding hydrogens is 286 g/mol. The van der Waals surface area contributed by atoms with Crippen molar-refractivity contribution in [2.75, 3.05) is 12.4 Å². The minimum Gasteiger partial charge on any atom is -0.387 e. The summed E-state index contributed by atoms with van der Waals surface area (Å²) in [5, 5.41) is 3.07. The van der Waals surface area contributed by atoms with Gasteiger partial charge in [0.2, 0.25) is 0 Å². The fourth-order valence-corrected chi connectivity index (χ4v) is 2.20. The van der Waals surface area contributed by atoms with Crippen molar-refractivity contribution in [2.24, 2.45) is 0 Å². The molecule has 0 radical (unpaired) electrons. The molecule has 4 aromatic heterocycles. The zero-order chi connectivity index (χ0) is 16.7. The molecule has 0 aliphatic rings.